The highest BCUT2D eigenvalue weighted by atomic mass is 14.7. The monoisotopic (exact) mass is 227 g/mol. The van der Waals surface area contributed by atoms with E-state index < -0.39 is 0 Å². The molecule has 0 radical (unpaired) electrons. The smallest absolute Gasteiger partial charge is 0.0697 e. The van der Waals surface area contributed by atoms with Crippen molar-refractivity contribution in [1.29, 1.82) is 0 Å². The first-order valence-electron chi connectivity index (χ1n) is 6.00. The van der Waals surface area contributed by atoms with Gasteiger partial charge in [0.25, 0.3) is 0 Å². The van der Waals surface area contributed by atoms with Crippen LogP contribution in [0.3, 0.4) is 0 Å². The van der Waals surface area contributed by atoms with Crippen LogP contribution in [0.4, 0.5) is 0 Å². The molecular weight excluding hydrogens is 206 g/mol. The average Bonchev–Trinajstić information content (AvgIpc) is 2.31. The van der Waals surface area contributed by atoms with Crippen LogP contribution in [0.25, 0.3) is 5.70 Å². The molecule has 17 heavy (non-hydrogen) atoms. The molecule has 0 aliphatic heterocycles. The second-order valence-corrected chi connectivity index (χ2v) is 4.46. The highest BCUT2D eigenvalue weighted by Crippen LogP contribution is 2.24. The van der Waals surface area contributed by atoms with Crippen molar-refractivity contribution in [3.63, 3.8) is 0 Å². The maximum atomic E-state index is 4.12. The molecule has 0 spiro atoms. The third-order valence-corrected chi connectivity index (χ3v) is 2.82. The Morgan fingerprint density at radius 3 is 2.59 bits per heavy atom. The molecule has 0 saturated heterocycles. The summed E-state index contributed by atoms with van der Waals surface area (Å²) in [6.07, 6.45) is 5.98. The zero-order valence-corrected chi connectivity index (χ0v) is 11.2. The van der Waals surface area contributed by atoms with Crippen LogP contribution in [0.15, 0.2) is 41.4 Å². The normalized spacial score (nSPS) is 12.4. The molecular formula is C16H21N. The standard InChI is InChI=1S/C16H21N/c1-6-7-8-16(17-5)15-11-14(12(2)3)10-9-13(15)4/h6-12H,5H2,1-4H3/b7-6?,16-8-. The predicted octanol–water partition coefficient (Wildman–Crippen LogP) is 4.74. The van der Waals surface area contributed by atoms with Gasteiger partial charge in [-0.2, -0.15) is 0 Å². The summed E-state index contributed by atoms with van der Waals surface area (Å²) in [6, 6.07) is 6.54. The summed E-state index contributed by atoms with van der Waals surface area (Å²) >= 11 is 0. The molecule has 1 aromatic carbocycles. The van der Waals surface area contributed by atoms with Crippen LogP contribution in [-0.2, 0) is 0 Å². The summed E-state index contributed by atoms with van der Waals surface area (Å²) in [4.78, 5) is 4.12. The van der Waals surface area contributed by atoms with Gasteiger partial charge in [0.2, 0.25) is 0 Å². The number of rotatable bonds is 4. The Morgan fingerprint density at radius 1 is 1.35 bits per heavy atom. The van der Waals surface area contributed by atoms with Crippen molar-refractivity contribution in [2.75, 3.05) is 0 Å². The summed E-state index contributed by atoms with van der Waals surface area (Å²) in [5, 5.41) is 0. The van der Waals surface area contributed by atoms with Crippen LogP contribution in [0.1, 0.15) is 43.4 Å². The van der Waals surface area contributed by atoms with Crippen LogP contribution in [0.2, 0.25) is 0 Å². The van der Waals surface area contributed by atoms with Crippen molar-refractivity contribution in [1.82, 2.24) is 0 Å². The summed E-state index contributed by atoms with van der Waals surface area (Å²) in [6.45, 7) is 12.2. The lowest BCUT2D eigenvalue weighted by molar-refractivity contribution is 0.865. The first-order chi connectivity index (χ1) is 8.10. The largest absolute Gasteiger partial charge is 0.264 e. The zero-order valence-electron chi connectivity index (χ0n) is 11.2. The molecule has 0 amide bonds. The minimum absolute atomic E-state index is 0.530. The molecule has 0 aliphatic carbocycles. The molecule has 0 unspecified atom stereocenters. The summed E-state index contributed by atoms with van der Waals surface area (Å²) in [5.74, 6) is 0.530. The van der Waals surface area contributed by atoms with Gasteiger partial charge in [0.05, 0.1) is 5.70 Å². The fourth-order valence-corrected chi connectivity index (χ4v) is 1.69. The van der Waals surface area contributed by atoms with E-state index in [0.29, 0.717) is 5.92 Å². The maximum absolute atomic E-state index is 4.12. The quantitative estimate of drug-likeness (QED) is 0.520. The molecule has 1 aromatic rings. The minimum atomic E-state index is 0.530. The number of hydrogen-bond acceptors (Lipinski definition) is 1. The second kappa shape index (κ2) is 6.19. The molecule has 90 valence electrons. The topological polar surface area (TPSA) is 12.4 Å². The summed E-state index contributed by atoms with van der Waals surface area (Å²) in [7, 11) is 0. The molecule has 1 rings (SSSR count). The van der Waals surface area contributed by atoms with Crippen LogP contribution >= 0.6 is 0 Å². The lowest BCUT2D eigenvalue weighted by Crippen LogP contribution is -1.93. The second-order valence-electron chi connectivity index (χ2n) is 4.46. The predicted molar refractivity (Wildman–Crippen MR) is 77.6 cm³/mol. The van der Waals surface area contributed by atoms with Gasteiger partial charge in [-0.25, -0.2) is 0 Å². The average molecular weight is 227 g/mol. The van der Waals surface area contributed by atoms with E-state index >= 15 is 0 Å². The molecule has 1 nitrogen and oxygen atoms in total. The Kier molecular flexibility index (Phi) is 4.89. The van der Waals surface area contributed by atoms with Gasteiger partial charge in [-0.3, -0.25) is 4.99 Å². The molecule has 0 heterocycles. The van der Waals surface area contributed by atoms with E-state index in [1.807, 2.05) is 25.2 Å². The first-order valence-corrected chi connectivity index (χ1v) is 6.00. The van der Waals surface area contributed by atoms with E-state index in [-0.39, 0.29) is 0 Å². The number of allylic oxidation sites excluding steroid dienone is 3. The molecule has 0 aliphatic rings. The first kappa shape index (κ1) is 13.4. The Morgan fingerprint density at radius 2 is 2.06 bits per heavy atom. The third kappa shape index (κ3) is 3.42. The van der Waals surface area contributed by atoms with Gasteiger partial charge in [0.15, 0.2) is 0 Å². The van der Waals surface area contributed by atoms with Gasteiger partial charge < -0.3 is 0 Å². The number of aryl methyl sites for hydroxylation is 1. The molecule has 0 fully saturated rings. The lowest BCUT2D eigenvalue weighted by atomic mass is 9.96. The van der Waals surface area contributed by atoms with Crippen molar-refractivity contribution in [3.8, 4) is 0 Å². The summed E-state index contributed by atoms with van der Waals surface area (Å²) < 4.78 is 0. The van der Waals surface area contributed by atoms with Crippen LogP contribution in [0.5, 0.6) is 0 Å². The highest BCUT2D eigenvalue weighted by Gasteiger charge is 2.06. The molecule has 0 aromatic heterocycles. The van der Waals surface area contributed by atoms with E-state index in [2.05, 4.69) is 50.7 Å². The maximum Gasteiger partial charge on any atom is 0.0697 e. The van der Waals surface area contributed by atoms with Crippen molar-refractivity contribution >= 4 is 12.4 Å². The Hall–Kier alpha value is -1.63. The molecule has 1 heteroatoms. The van der Waals surface area contributed by atoms with E-state index in [0.717, 1.165) is 5.70 Å². The lowest BCUT2D eigenvalue weighted by Gasteiger charge is -2.11. The zero-order chi connectivity index (χ0) is 12.8. The van der Waals surface area contributed by atoms with Gasteiger partial charge in [-0.05, 0) is 49.8 Å². The highest BCUT2D eigenvalue weighted by molar-refractivity contribution is 5.72. The molecule has 0 bridgehead atoms. The van der Waals surface area contributed by atoms with E-state index in [4.69, 9.17) is 0 Å². The van der Waals surface area contributed by atoms with Gasteiger partial charge in [-0.15, -0.1) is 0 Å². The van der Waals surface area contributed by atoms with Crippen LogP contribution in [-0.4, -0.2) is 6.72 Å². The van der Waals surface area contributed by atoms with Crippen molar-refractivity contribution < 1.29 is 0 Å². The van der Waals surface area contributed by atoms with E-state index in [1.54, 1.807) is 0 Å². The van der Waals surface area contributed by atoms with Gasteiger partial charge in [0.1, 0.15) is 0 Å². The van der Waals surface area contributed by atoms with Crippen molar-refractivity contribution in [2.45, 2.75) is 33.6 Å². The number of hydrogen-bond donors (Lipinski definition) is 0. The third-order valence-electron chi connectivity index (χ3n) is 2.82. The minimum Gasteiger partial charge on any atom is -0.264 e. The SMILES string of the molecule is C=N/C(=C\C=CC)c1cc(C(C)C)ccc1C. The van der Waals surface area contributed by atoms with Crippen LogP contribution in [0, 0.1) is 6.92 Å². The van der Waals surface area contributed by atoms with Gasteiger partial charge in [-0.1, -0.05) is 38.1 Å². The van der Waals surface area contributed by atoms with Gasteiger partial charge >= 0.3 is 0 Å². The number of aliphatic imine (C=N–C) groups is 1. The fraction of sp³-hybridized carbons (Fsp3) is 0.312. The van der Waals surface area contributed by atoms with Crippen LogP contribution < -0.4 is 0 Å². The number of nitrogens with zero attached hydrogens (tertiary/aromatic N) is 1. The number of benzene rings is 1. The Labute approximate surface area is 105 Å². The Bertz CT molecular complexity index is 451. The molecule has 0 atom stereocenters. The fourth-order valence-electron chi connectivity index (χ4n) is 1.69. The Balaban J connectivity index is 3.27. The van der Waals surface area contributed by atoms with Crippen molar-refractivity contribution in [2.24, 2.45) is 4.99 Å². The van der Waals surface area contributed by atoms with E-state index in [1.165, 1.54) is 16.7 Å². The van der Waals surface area contributed by atoms with E-state index in [9.17, 15) is 0 Å². The summed E-state index contributed by atoms with van der Waals surface area (Å²) in [5.41, 5.74) is 4.67. The molecule has 0 saturated carbocycles. The van der Waals surface area contributed by atoms with Gasteiger partial charge in [0, 0.05) is 5.56 Å². The molecule has 0 N–H and O–H groups in total. The van der Waals surface area contributed by atoms with Crippen molar-refractivity contribution in [3.05, 3.63) is 53.1 Å².